The molecule has 2 saturated heterocycles. The molecule has 12 heteroatoms. The van der Waals surface area contributed by atoms with E-state index in [-0.39, 0.29) is 29.6 Å². The summed E-state index contributed by atoms with van der Waals surface area (Å²) in [5.74, 6) is 0.500. The molecule has 2 aliphatic carbocycles. The van der Waals surface area contributed by atoms with Crippen LogP contribution in [0.25, 0.3) is 33.8 Å². The summed E-state index contributed by atoms with van der Waals surface area (Å²) in [5, 5.41) is 9.02. The Bertz CT molecular complexity index is 2330. The number of allylic oxidation sites excluding steroid dienone is 1. The third-order valence-corrected chi connectivity index (χ3v) is 14.8. The Labute approximate surface area is 323 Å². The lowest BCUT2D eigenvalue weighted by Gasteiger charge is -2.35. The number of benzene rings is 2. The van der Waals surface area contributed by atoms with E-state index < -0.39 is 21.2 Å². The average Bonchev–Trinajstić information content (AvgIpc) is 3.70. The molecule has 11 nitrogen and oxygen atoms in total. The predicted octanol–water partition coefficient (Wildman–Crippen LogP) is 7.19. The van der Waals surface area contributed by atoms with Crippen LogP contribution in [0.1, 0.15) is 133 Å². The van der Waals surface area contributed by atoms with E-state index in [1.807, 2.05) is 25.1 Å². The van der Waals surface area contributed by atoms with Gasteiger partial charge in [-0.05, 0) is 125 Å². The van der Waals surface area contributed by atoms with E-state index >= 15 is 0 Å². The zero-order valence-electron chi connectivity index (χ0n) is 32.4. The van der Waals surface area contributed by atoms with Crippen LogP contribution in [0.5, 0.6) is 5.75 Å². The second-order valence-corrected chi connectivity index (χ2v) is 18.9. The van der Waals surface area contributed by atoms with Crippen LogP contribution >= 0.6 is 0 Å². The van der Waals surface area contributed by atoms with Gasteiger partial charge < -0.3 is 19.5 Å². The first-order valence-corrected chi connectivity index (χ1v) is 21.8. The van der Waals surface area contributed by atoms with Gasteiger partial charge in [0.15, 0.2) is 0 Å². The number of rotatable bonds is 8. The Morgan fingerprint density at radius 2 is 1.65 bits per heavy atom. The molecule has 2 amide bonds. The largest absolute Gasteiger partial charge is 0.497 e. The van der Waals surface area contributed by atoms with Gasteiger partial charge in [0.05, 0.1) is 47.6 Å². The number of ether oxygens (including phenoxy) is 1. The molecule has 2 N–H and O–H groups in total. The van der Waals surface area contributed by atoms with Crippen molar-refractivity contribution in [3.05, 3.63) is 70.0 Å². The molecular formula is C43H52N6O5S. The molecule has 290 valence electrons. The van der Waals surface area contributed by atoms with Crippen molar-refractivity contribution in [2.45, 2.75) is 121 Å². The van der Waals surface area contributed by atoms with Gasteiger partial charge in [0.1, 0.15) is 5.75 Å². The number of aryl methyl sites for hydroxylation is 1. The van der Waals surface area contributed by atoms with Crippen LogP contribution in [0.15, 0.2) is 36.4 Å². The Balaban J connectivity index is 1.28. The van der Waals surface area contributed by atoms with Gasteiger partial charge in [0, 0.05) is 47.2 Å². The lowest BCUT2D eigenvalue weighted by atomic mass is 9.81. The lowest BCUT2D eigenvalue weighted by Crippen LogP contribution is -2.54. The summed E-state index contributed by atoms with van der Waals surface area (Å²) in [6.07, 6.45) is 13.1. The highest BCUT2D eigenvalue weighted by Gasteiger charge is 2.43. The second kappa shape index (κ2) is 14.0. The van der Waals surface area contributed by atoms with Gasteiger partial charge in [-0.25, -0.2) is 13.1 Å². The Hall–Kier alpha value is -4.42. The topological polar surface area (TPSA) is 128 Å². The van der Waals surface area contributed by atoms with Crippen LogP contribution < -0.4 is 14.8 Å². The molecule has 2 aromatic heterocycles. The van der Waals surface area contributed by atoms with Crippen LogP contribution in [-0.4, -0.2) is 77.0 Å². The van der Waals surface area contributed by atoms with E-state index in [1.54, 1.807) is 27.0 Å². The van der Waals surface area contributed by atoms with E-state index in [2.05, 4.69) is 42.4 Å². The fourth-order valence-electron chi connectivity index (χ4n) is 9.88. The molecule has 4 aromatic rings. The van der Waals surface area contributed by atoms with Gasteiger partial charge in [-0.15, -0.1) is 0 Å². The van der Waals surface area contributed by atoms with Crippen LogP contribution in [0.3, 0.4) is 0 Å². The number of hydrogen-bond donors (Lipinski definition) is 2. The molecule has 4 fully saturated rings. The van der Waals surface area contributed by atoms with Crippen LogP contribution in [0.2, 0.25) is 0 Å². The first-order valence-electron chi connectivity index (χ1n) is 20.3. The van der Waals surface area contributed by atoms with E-state index in [9.17, 15) is 18.0 Å². The number of amides is 2. The zero-order chi connectivity index (χ0) is 38.2. The van der Waals surface area contributed by atoms with Crippen molar-refractivity contribution in [2.24, 2.45) is 0 Å². The number of aromatic nitrogens is 3. The number of nitrogens with zero attached hydrogens (tertiary/aromatic N) is 4. The molecular weight excluding hydrogens is 713 g/mol. The third kappa shape index (κ3) is 6.11. The summed E-state index contributed by atoms with van der Waals surface area (Å²) in [5.41, 5.74) is 8.93. The monoisotopic (exact) mass is 764 g/mol. The summed E-state index contributed by atoms with van der Waals surface area (Å²) in [6, 6.07) is 12.4. The van der Waals surface area contributed by atoms with Crippen molar-refractivity contribution >= 4 is 44.4 Å². The summed E-state index contributed by atoms with van der Waals surface area (Å²) in [7, 11) is -2.15. The van der Waals surface area contributed by atoms with Crippen molar-refractivity contribution in [1.82, 2.24) is 29.3 Å². The van der Waals surface area contributed by atoms with Crippen LogP contribution in [-0.2, 0) is 16.6 Å². The van der Waals surface area contributed by atoms with Crippen molar-refractivity contribution < 1.29 is 22.7 Å². The summed E-state index contributed by atoms with van der Waals surface area (Å²) >= 11 is 0. The number of fused-ring (bicyclic) bond motifs is 7. The number of sulfonamides is 1. The van der Waals surface area contributed by atoms with Crippen molar-refractivity contribution in [3.8, 4) is 17.0 Å². The molecule has 2 unspecified atom stereocenters. The molecule has 5 aliphatic rings. The highest BCUT2D eigenvalue weighted by atomic mass is 32.2. The fraction of sp³-hybridized carbons (Fsp3) is 0.512. The summed E-state index contributed by atoms with van der Waals surface area (Å²) < 4.78 is 38.2. The van der Waals surface area contributed by atoms with Gasteiger partial charge in [-0.3, -0.25) is 14.3 Å². The van der Waals surface area contributed by atoms with Crippen molar-refractivity contribution in [1.29, 1.82) is 0 Å². The number of methoxy groups -OCH3 is 1. The Morgan fingerprint density at radius 3 is 2.33 bits per heavy atom. The van der Waals surface area contributed by atoms with Gasteiger partial charge in [-0.1, -0.05) is 25.3 Å². The van der Waals surface area contributed by atoms with Gasteiger partial charge in [0.2, 0.25) is 10.0 Å². The minimum Gasteiger partial charge on any atom is -0.497 e. The molecule has 0 radical (unpaired) electrons. The number of carbonyl (C=O) groups is 2. The number of hydrogen-bond acceptors (Lipinski definition) is 7. The molecule has 2 saturated carbocycles. The second-order valence-electron chi connectivity index (χ2n) is 16.7. The normalized spacial score (nSPS) is 21.5. The predicted molar refractivity (Wildman–Crippen MR) is 215 cm³/mol. The van der Waals surface area contributed by atoms with Gasteiger partial charge in [-0.2, -0.15) is 5.10 Å². The van der Waals surface area contributed by atoms with Crippen LogP contribution in [0, 0.1) is 6.92 Å². The highest BCUT2D eigenvalue weighted by molar-refractivity contribution is 7.90. The number of carbonyl (C=O) groups excluding carboxylic acids is 2. The summed E-state index contributed by atoms with van der Waals surface area (Å²) in [6.45, 7) is 7.16. The molecule has 9 rings (SSSR count). The molecule has 0 spiro atoms. The first-order chi connectivity index (χ1) is 26.5. The maximum atomic E-state index is 15.0. The fourth-order valence-corrected chi connectivity index (χ4v) is 10.5. The number of piperazine rings is 1. The average molecular weight is 765 g/mol. The Kier molecular flexibility index (Phi) is 9.19. The Morgan fingerprint density at radius 1 is 0.909 bits per heavy atom. The summed E-state index contributed by atoms with van der Waals surface area (Å²) in [4.78, 5) is 30.7. The SMILES string of the molecule is COc1ccc2c(c1)C=C(c1c(C(=O)N3C4CCC3CNC4)c(C)nn1C1CCC1)Cn1c-2c(C2CCCCC2)c2ccc(C(=O)NS(=O)(=O)C(C)C)cc21. The van der Waals surface area contributed by atoms with Crippen molar-refractivity contribution in [2.75, 3.05) is 20.2 Å². The molecule has 55 heavy (non-hydrogen) atoms. The minimum atomic E-state index is -3.84. The van der Waals surface area contributed by atoms with E-state index in [4.69, 9.17) is 9.84 Å². The highest BCUT2D eigenvalue weighted by Crippen LogP contribution is 2.49. The van der Waals surface area contributed by atoms with Gasteiger partial charge in [0.25, 0.3) is 11.8 Å². The zero-order valence-corrected chi connectivity index (χ0v) is 33.2. The molecule has 5 heterocycles. The van der Waals surface area contributed by atoms with Gasteiger partial charge >= 0.3 is 0 Å². The third-order valence-electron chi connectivity index (χ3n) is 13.0. The minimum absolute atomic E-state index is 0.0638. The maximum Gasteiger partial charge on any atom is 0.264 e. The maximum absolute atomic E-state index is 15.0. The molecule has 2 atom stereocenters. The number of nitrogens with one attached hydrogen (secondary N) is 2. The lowest BCUT2D eigenvalue weighted by molar-refractivity contribution is 0.0618. The van der Waals surface area contributed by atoms with Crippen LogP contribution in [0.4, 0.5) is 0 Å². The van der Waals surface area contributed by atoms with E-state index in [0.717, 1.165) is 121 Å². The molecule has 2 bridgehead atoms. The van der Waals surface area contributed by atoms with E-state index in [1.165, 1.54) is 12.0 Å². The quantitative estimate of drug-likeness (QED) is 0.195. The molecule has 3 aliphatic heterocycles. The first kappa shape index (κ1) is 36.2. The van der Waals surface area contributed by atoms with E-state index in [0.29, 0.717) is 18.0 Å². The standard InChI is InChI=1S/C43H52N6O5S/c1-25(2)55(52,53)46-42(50)28-13-17-36-37(21-28)47-24-30(19-29-20-34(54-4)16-18-35(29)41(47)39(36)27-9-6-5-7-10-27)40-38(26(3)45-49(40)31-11-8-12-31)43(51)48-32-14-15-33(48)23-44-22-32/h13,16-21,25,27,31-33,44H,5-12,14-15,22-24H2,1-4H3,(H,46,50). The van der Waals surface area contributed by atoms with Crippen molar-refractivity contribution in [3.63, 3.8) is 0 Å². The molecule has 2 aromatic carbocycles. The smallest absolute Gasteiger partial charge is 0.264 e.